The van der Waals surface area contributed by atoms with Crippen LogP contribution in [0.3, 0.4) is 0 Å². The van der Waals surface area contributed by atoms with E-state index in [0.29, 0.717) is 24.1 Å². The van der Waals surface area contributed by atoms with E-state index in [1.165, 1.54) is 0 Å². The van der Waals surface area contributed by atoms with Gasteiger partial charge >= 0.3 is 0 Å². The highest BCUT2D eigenvalue weighted by Crippen LogP contribution is 2.29. The van der Waals surface area contributed by atoms with Crippen molar-refractivity contribution in [1.82, 2.24) is 20.2 Å². The quantitative estimate of drug-likeness (QED) is 0.325. The van der Waals surface area contributed by atoms with Gasteiger partial charge in [0.15, 0.2) is 0 Å². The molecule has 0 radical (unpaired) electrons. The van der Waals surface area contributed by atoms with Crippen molar-refractivity contribution in [2.24, 2.45) is 11.7 Å². The first-order valence-corrected chi connectivity index (χ1v) is 13.7. The average Bonchev–Trinajstić information content (AvgIpc) is 3.22. The van der Waals surface area contributed by atoms with Gasteiger partial charge in [-0.25, -0.2) is 9.97 Å². The van der Waals surface area contributed by atoms with Crippen molar-refractivity contribution in [2.75, 3.05) is 69.2 Å². The van der Waals surface area contributed by atoms with E-state index in [2.05, 4.69) is 39.9 Å². The first kappa shape index (κ1) is 28.6. The standard InChI is InChI=1S/C26H41N7O2.C2H2/c1-3-7-20(24(27)19-8-4-5-9-21(19)34)25(35)26-29-22(32-12-6-10-28-11-13-32)18-23(30-26)33-16-14-31(2)15-17-33;1-2/h18-19,28H,3-17,27H2,1-2H3;1-2H/b24-20-;/t19-;/m0./s1. The van der Waals surface area contributed by atoms with E-state index >= 15 is 0 Å². The Morgan fingerprint density at radius 2 is 1.70 bits per heavy atom. The minimum Gasteiger partial charge on any atom is -0.401 e. The lowest BCUT2D eigenvalue weighted by Crippen LogP contribution is -2.45. The fraction of sp³-hybridized carbons (Fsp3) is 0.643. The van der Waals surface area contributed by atoms with Gasteiger partial charge in [-0.1, -0.05) is 19.8 Å². The zero-order chi connectivity index (χ0) is 26.8. The smallest absolute Gasteiger partial charge is 0.228 e. The van der Waals surface area contributed by atoms with E-state index in [-0.39, 0.29) is 23.3 Å². The number of allylic oxidation sites excluding steroid dienone is 2. The average molecular weight is 510 g/mol. The van der Waals surface area contributed by atoms with Crippen LogP contribution in [-0.2, 0) is 4.79 Å². The maximum absolute atomic E-state index is 13.9. The summed E-state index contributed by atoms with van der Waals surface area (Å²) in [6.45, 7) is 9.24. The molecule has 0 spiro atoms. The molecule has 0 amide bonds. The first-order chi connectivity index (χ1) is 18.0. The molecule has 2 saturated heterocycles. The zero-order valence-corrected chi connectivity index (χ0v) is 22.5. The van der Waals surface area contributed by atoms with Crippen LogP contribution in [-0.4, -0.2) is 85.8 Å². The fourth-order valence-electron chi connectivity index (χ4n) is 5.25. The highest BCUT2D eigenvalue weighted by atomic mass is 16.1. The van der Waals surface area contributed by atoms with Gasteiger partial charge in [0.2, 0.25) is 11.6 Å². The largest absolute Gasteiger partial charge is 0.401 e. The molecule has 0 aromatic carbocycles. The minimum atomic E-state index is -0.355. The third-order valence-corrected chi connectivity index (χ3v) is 7.45. The number of nitrogens with two attached hydrogens (primary N) is 1. The Morgan fingerprint density at radius 3 is 2.35 bits per heavy atom. The van der Waals surface area contributed by atoms with Crippen LogP contribution in [0.5, 0.6) is 0 Å². The number of hydrogen-bond donors (Lipinski definition) is 2. The molecule has 37 heavy (non-hydrogen) atoms. The summed E-state index contributed by atoms with van der Waals surface area (Å²) >= 11 is 0. The number of hydrogen-bond acceptors (Lipinski definition) is 9. The minimum absolute atomic E-state index is 0.153. The molecule has 202 valence electrons. The summed E-state index contributed by atoms with van der Waals surface area (Å²) in [5, 5.41) is 3.43. The third-order valence-electron chi connectivity index (χ3n) is 7.45. The molecule has 3 fully saturated rings. The van der Waals surface area contributed by atoms with Gasteiger partial charge in [-0.2, -0.15) is 0 Å². The van der Waals surface area contributed by atoms with Gasteiger partial charge in [0.05, 0.1) is 5.92 Å². The number of likely N-dealkylation sites (N-methyl/N-ethyl adjacent to an activating group) is 1. The van der Waals surface area contributed by atoms with Crippen LogP contribution in [0.15, 0.2) is 17.3 Å². The summed E-state index contributed by atoms with van der Waals surface area (Å²) in [6.07, 6.45) is 13.5. The molecule has 3 N–H and O–H groups in total. The highest BCUT2D eigenvalue weighted by Gasteiger charge is 2.30. The van der Waals surface area contributed by atoms with E-state index in [9.17, 15) is 9.59 Å². The lowest BCUT2D eigenvalue weighted by atomic mass is 9.83. The maximum Gasteiger partial charge on any atom is 0.228 e. The van der Waals surface area contributed by atoms with E-state index in [0.717, 1.165) is 96.1 Å². The number of rotatable bonds is 7. The van der Waals surface area contributed by atoms with Gasteiger partial charge < -0.3 is 25.8 Å². The number of piperazine rings is 1. The molecule has 3 aliphatic rings. The molecule has 0 bridgehead atoms. The van der Waals surface area contributed by atoms with Crippen LogP contribution in [0.25, 0.3) is 0 Å². The predicted molar refractivity (Wildman–Crippen MR) is 149 cm³/mol. The Balaban J connectivity index is 0.00000186. The molecule has 1 aliphatic carbocycles. The lowest BCUT2D eigenvalue weighted by molar-refractivity contribution is -0.123. The summed E-state index contributed by atoms with van der Waals surface area (Å²) < 4.78 is 0. The van der Waals surface area contributed by atoms with E-state index < -0.39 is 0 Å². The van der Waals surface area contributed by atoms with Crippen LogP contribution >= 0.6 is 0 Å². The Labute approximate surface area is 221 Å². The molecule has 4 rings (SSSR count). The number of carbonyl (C=O) groups is 2. The molecular formula is C28H43N7O2. The van der Waals surface area contributed by atoms with Crippen LogP contribution in [0, 0.1) is 18.8 Å². The molecule has 9 heteroatoms. The fourth-order valence-corrected chi connectivity index (χ4v) is 5.25. The monoisotopic (exact) mass is 509 g/mol. The number of nitrogens with one attached hydrogen (secondary N) is 1. The number of anilines is 2. The zero-order valence-electron chi connectivity index (χ0n) is 22.5. The van der Waals surface area contributed by atoms with Crippen molar-refractivity contribution < 1.29 is 9.59 Å². The van der Waals surface area contributed by atoms with Gasteiger partial charge in [0, 0.05) is 69.6 Å². The lowest BCUT2D eigenvalue weighted by Gasteiger charge is -2.34. The van der Waals surface area contributed by atoms with Crippen LogP contribution in [0.4, 0.5) is 11.6 Å². The summed E-state index contributed by atoms with van der Waals surface area (Å²) in [4.78, 5) is 42.8. The van der Waals surface area contributed by atoms with Crippen molar-refractivity contribution in [1.29, 1.82) is 0 Å². The number of terminal acetylenes is 1. The van der Waals surface area contributed by atoms with E-state index in [1.807, 2.05) is 13.0 Å². The van der Waals surface area contributed by atoms with Gasteiger partial charge in [-0.3, -0.25) is 9.59 Å². The SMILES string of the molecule is C#C.CCC/C(C(=O)c1nc(N2CCCNCC2)cc(N2CCN(C)CC2)n1)=C(/N)[C@H]1CCCCC1=O. The molecule has 0 unspecified atom stereocenters. The topological polar surface area (TPSA) is 108 Å². The molecule has 1 aromatic heterocycles. The number of nitrogens with zero attached hydrogens (tertiary/aromatic N) is 5. The number of aromatic nitrogens is 2. The van der Waals surface area contributed by atoms with Crippen LogP contribution in [0.2, 0.25) is 0 Å². The van der Waals surface area contributed by atoms with Gasteiger partial charge in [-0.15, -0.1) is 12.8 Å². The van der Waals surface area contributed by atoms with Crippen LogP contribution in [0.1, 0.15) is 62.5 Å². The van der Waals surface area contributed by atoms with Gasteiger partial charge in [0.1, 0.15) is 17.4 Å². The second-order valence-corrected chi connectivity index (χ2v) is 10.1. The normalized spacial score (nSPS) is 21.9. The molecule has 3 heterocycles. The Kier molecular flexibility index (Phi) is 10.9. The first-order valence-electron chi connectivity index (χ1n) is 13.7. The molecule has 9 nitrogen and oxygen atoms in total. The molecule has 1 saturated carbocycles. The third kappa shape index (κ3) is 7.30. The number of Topliss-reactive ketones (excluding diaryl/α,β-unsaturated/α-hetero) is 2. The predicted octanol–water partition coefficient (Wildman–Crippen LogP) is 2.23. The Hall–Kier alpha value is -2.96. The van der Waals surface area contributed by atoms with Crippen molar-refractivity contribution >= 4 is 23.2 Å². The summed E-state index contributed by atoms with van der Waals surface area (Å²) in [7, 11) is 2.12. The van der Waals surface area contributed by atoms with Crippen molar-refractivity contribution in [3.63, 3.8) is 0 Å². The summed E-state index contributed by atoms with van der Waals surface area (Å²) in [5.41, 5.74) is 7.51. The molecule has 1 aromatic rings. The molecular weight excluding hydrogens is 466 g/mol. The number of carbonyl (C=O) groups excluding carboxylic acids is 2. The Morgan fingerprint density at radius 1 is 1.03 bits per heavy atom. The van der Waals surface area contributed by atoms with Crippen molar-refractivity contribution in [3.05, 3.63) is 23.2 Å². The Bertz CT molecular complexity index is 974. The van der Waals surface area contributed by atoms with Crippen molar-refractivity contribution in [2.45, 2.75) is 51.9 Å². The van der Waals surface area contributed by atoms with Gasteiger partial charge in [0.25, 0.3) is 0 Å². The van der Waals surface area contributed by atoms with Crippen LogP contribution < -0.4 is 20.9 Å². The molecule has 1 atom stereocenters. The summed E-state index contributed by atoms with van der Waals surface area (Å²) in [6, 6.07) is 2.03. The number of ketones is 2. The van der Waals surface area contributed by atoms with E-state index in [1.54, 1.807) is 0 Å². The molecule has 2 aliphatic heterocycles. The second kappa shape index (κ2) is 14.1. The second-order valence-electron chi connectivity index (χ2n) is 10.1. The van der Waals surface area contributed by atoms with Gasteiger partial charge in [-0.05, 0) is 39.3 Å². The van der Waals surface area contributed by atoms with Crippen molar-refractivity contribution in [3.8, 4) is 12.8 Å². The van der Waals surface area contributed by atoms with E-state index in [4.69, 9.17) is 15.7 Å². The highest BCUT2D eigenvalue weighted by molar-refractivity contribution is 6.07. The maximum atomic E-state index is 13.9. The summed E-state index contributed by atoms with van der Waals surface area (Å²) in [5.74, 6) is 1.36.